The van der Waals surface area contributed by atoms with Gasteiger partial charge in [0.05, 0.1) is 49.9 Å². The number of nitrogens with one attached hydrogen (secondary N) is 1. The second-order valence-electron chi connectivity index (χ2n) is 7.77. The van der Waals surface area contributed by atoms with Crippen LogP contribution >= 0.6 is 0 Å². The Bertz CT molecular complexity index is 1460. The monoisotopic (exact) mass is 509 g/mol. The number of methoxy groups -OCH3 is 3. The Kier molecular flexibility index (Phi) is 7.28. The van der Waals surface area contributed by atoms with Gasteiger partial charge in [0.2, 0.25) is 5.75 Å². The highest BCUT2D eigenvalue weighted by Crippen LogP contribution is 2.41. The molecule has 0 bridgehead atoms. The fraction of sp³-hybridized carbons (Fsp3) is 0.148. The van der Waals surface area contributed by atoms with Gasteiger partial charge >= 0.3 is 6.18 Å². The van der Waals surface area contributed by atoms with E-state index >= 15 is 0 Å². The molecule has 4 rings (SSSR count). The maximum atomic E-state index is 13.3. The van der Waals surface area contributed by atoms with Crippen molar-refractivity contribution in [2.45, 2.75) is 6.18 Å². The highest BCUT2D eigenvalue weighted by Gasteiger charge is 2.32. The zero-order valence-electron chi connectivity index (χ0n) is 20.1. The Morgan fingerprint density at radius 1 is 0.919 bits per heavy atom. The lowest BCUT2D eigenvalue weighted by molar-refractivity contribution is -0.137. The highest BCUT2D eigenvalue weighted by molar-refractivity contribution is 6.07. The van der Waals surface area contributed by atoms with Gasteiger partial charge < -0.3 is 14.2 Å². The molecular weight excluding hydrogens is 487 g/mol. The van der Waals surface area contributed by atoms with Crippen LogP contribution in [0.4, 0.5) is 13.2 Å². The molecule has 0 aliphatic carbocycles. The van der Waals surface area contributed by atoms with Crippen LogP contribution in [0.5, 0.6) is 17.2 Å². The largest absolute Gasteiger partial charge is 0.493 e. The van der Waals surface area contributed by atoms with Crippen LogP contribution in [0.3, 0.4) is 0 Å². The molecule has 0 spiro atoms. The summed E-state index contributed by atoms with van der Waals surface area (Å²) in [4.78, 5) is 17.8. The Hall–Kier alpha value is -4.60. The van der Waals surface area contributed by atoms with Gasteiger partial charge in [-0.25, -0.2) is 10.4 Å². The third-order valence-corrected chi connectivity index (χ3v) is 5.56. The molecule has 37 heavy (non-hydrogen) atoms. The van der Waals surface area contributed by atoms with Crippen LogP contribution in [0.25, 0.3) is 22.2 Å². The summed E-state index contributed by atoms with van der Waals surface area (Å²) in [6, 6.07) is 16.9. The van der Waals surface area contributed by atoms with E-state index in [2.05, 4.69) is 15.5 Å². The highest BCUT2D eigenvalue weighted by atomic mass is 19.4. The summed E-state index contributed by atoms with van der Waals surface area (Å²) < 4.78 is 56.0. The van der Waals surface area contributed by atoms with Crippen molar-refractivity contribution in [3.05, 3.63) is 83.4 Å². The van der Waals surface area contributed by atoms with Gasteiger partial charge in [0.25, 0.3) is 5.91 Å². The van der Waals surface area contributed by atoms with E-state index in [0.717, 1.165) is 12.3 Å². The molecule has 3 aromatic carbocycles. The minimum atomic E-state index is -4.55. The lowest BCUT2D eigenvalue weighted by atomic mass is 10.0. The van der Waals surface area contributed by atoms with Gasteiger partial charge in [0.15, 0.2) is 11.5 Å². The van der Waals surface area contributed by atoms with Crippen LogP contribution in [0, 0.1) is 0 Å². The number of rotatable bonds is 7. The molecule has 1 heterocycles. The summed E-state index contributed by atoms with van der Waals surface area (Å²) in [7, 11) is 4.47. The third kappa shape index (κ3) is 5.32. The average Bonchev–Trinajstić information content (AvgIpc) is 2.91. The number of carbonyl (C=O) groups excluding carboxylic acids is 1. The van der Waals surface area contributed by atoms with Gasteiger partial charge in [-0.1, -0.05) is 36.4 Å². The minimum Gasteiger partial charge on any atom is -0.493 e. The van der Waals surface area contributed by atoms with Crippen molar-refractivity contribution in [1.82, 2.24) is 10.4 Å². The summed E-state index contributed by atoms with van der Waals surface area (Å²) in [5.41, 5.74) is 3.10. The Morgan fingerprint density at radius 3 is 2.22 bits per heavy atom. The van der Waals surface area contributed by atoms with E-state index in [9.17, 15) is 18.0 Å². The van der Waals surface area contributed by atoms with Crippen LogP contribution in [0.1, 0.15) is 21.5 Å². The first-order valence-corrected chi connectivity index (χ1v) is 11.0. The number of pyridine rings is 1. The fourth-order valence-corrected chi connectivity index (χ4v) is 3.83. The number of carbonyl (C=O) groups is 1. The number of benzene rings is 3. The van der Waals surface area contributed by atoms with Gasteiger partial charge in [-0.15, -0.1) is 0 Å². The molecule has 0 fully saturated rings. The molecule has 0 aliphatic heterocycles. The van der Waals surface area contributed by atoms with E-state index < -0.39 is 17.6 Å². The zero-order valence-corrected chi connectivity index (χ0v) is 20.1. The van der Waals surface area contributed by atoms with Crippen LogP contribution in [0.2, 0.25) is 0 Å². The number of nitrogens with zero attached hydrogens (tertiary/aromatic N) is 2. The van der Waals surface area contributed by atoms with Gasteiger partial charge in [0.1, 0.15) is 0 Å². The number of alkyl halides is 3. The van der Waals surface area contributed by atoms with E-state index in [-0.39, 0.29) is 11.1 Å². The van der Waals surface area contributed by atoms with Crippen molar-refractivity contribution >= 4 is 23.0 Å². The van der Waals surface area contributed by atoms with E-state index in [0.29, 0.717) is 39.4 Å². The molecule has 190 valence electrons. The average molecular weight is 509 g/mol. The number of aromatic nitrogens is 1. The van der Waals surface area contributed by atoms with Crippen molar-refractivity contribution in [3.63, 3.8) is 0 Å². The first-order valence-electron chi connectivity index (χ1n) is 11.0. The quantitative estimate of drug-likeness (QED) is 0.255. The molecule has 10 heteroatoms. The van der Waals surface area contributed by atoms with Crippen molar-refractivity contribution in [3.8, 4) is 28.5 Å². The molecule has 1 amide bonds. The van der Waals surface area contributed by atoms with Crippen molar-refractivity contribution < 1.29 is 32.2 Å². The number of ether oxygens (including phenoxy) is 3. The number of hydrogen-bond donors (Lipinski definition) is 1. The zero-order chi connectivity index (χ0) is 26.6. The number of halogens is 3. The lowest BCUT2D eigenvalue weighted by Crippen LogP contribution is -2.19. The maximum absolute atomic E-state index is 13.3. The second-order valence-corrected chi connectivity index (χ2v) is 7.77. The number of hydrogen-bond acceptors (Lipinski definition) is 6. The lowest BCUT2D eigenvalue weighted by Gasteiger charge is -2.15. The van der Waals surface area contributed by atoms with Gasteiger partial charge in [-0.2, -0.15) is 18.3 Å². The first-order chi connectivity index (χ1) is 17.8. The Balaban J connectivity index is 1.73. The first kappa shape index (κ1) is 25.5. The van der Waals surface area contributed by atoms with Crippen LogP contribution in [-0.4, -0.2) is 38.4 Å². The SMILES string of the molecule is COc1cc(-c2cc(C(=O)N/N=C/c3ccccc3C(F)(F)F)c3ccccc3n2)cc(OC)c1OC. The fourth-order valence-electron chi connectivity index (χ4n) is 3.83. The van der Waals surface area contributed by atoms with Crippen LogP contribution < -0.4 is 19.6 Å². The summed E-state index contributed by atoms with van der Waals surface area (Å²) >= 11 is 0. The molecule has 1 aromatic heterocycles. The molecule has 7 nitrogen and oxygen atoms in total. The standard InChI is InChI=1S/C27H22F3N3O4/c1-35-23-12-17(13-24(36-2)25(23)37-3)22-14-19(18-9-5-7-11-21(18)32-22)26(34)33-31-15-16-8-4-6-10-20(16)27(28,29)30/h4-15H,1-3H3,(H,33,34)/b31-15+. The van der Waals surface area contributed by atoms with E-state index in [1.54, 1.807) is 42.5 Å². The van der Waals surface area contributed by atoms with Gasteiger partial charge in [0, 0.05) is 16.5 Å². The molecule has 0 saturated carbocycles. The van der Waals surface area contributed by atoms with E-state index in [1.807, 2.05) is 0 Å². The predicted octanol–water partition coefficient (Wildman–Crippen LogP) is 5.71. The second kappa shape index (κ2) is 10.6. The maximum Gasteiger partial charge on any atom is 0.417 e. The molecular formula is C27H22F3N3O4. The topological polar surface area (TPSA) is 82.0 Å². The Morgan fingerprint density at radius 2 is 1.57 bits per heavy atom. The Labute approximate surface area is 210 Å². The van der Waals surface area contributed by atoms with Gasteiger partial charge in [-0.3, -0.25) is 4.79 Å². The minimum absolute atomic E-state index is 0.173. The normalized spacial score (nSPS) is 11.5. The summed E-state index contributed by atoms with van der Waals surface area (Å²) in [6.45, 7) is 0. The molecule has 0 unspecified atom stereocenters. The van der Waals surface area contributed by atoms with Gasteiger partial charge in [-0.05, 0) is 30.3 Å². The smallest absolute Gasteiger partial charge is 0.417 e. The van der Waals surface area contributed by atoms with Crippen LogP contribution in [-0.2, 0) is 6.18 Å². The van der Waals surface area contributed by atoms with E-state index in [4.69, 9.17) is 14.2 Å². The van der Waals surface area contributed by atoms with Crippen molar-refractivity contribution in [2.24, 2.45) is 5.10 Å². The van der Waals surface area contributed by atoms with Crippen LogP contribution in [0.15, 0.2) is 71.8 Å². The summed E-state index contributed by atoms with van der Waals surface area (Å²) in [5, 5.41) is 4.32. The predicted molar refractivity (Wildman–Crippen MR) is 133 cm³/mol. The van der Waals surface area contributed by atoms with Crippen molar-refractivity contribution in [1.29, 1.82) is 0 Å². The number of amides is 1. The molecule has 4 aromatic rings. The molecule has 0 radical (unpaired) electrons. The molecule has 0 saturated heterocycles. The van der Waals surface area contributed by atoms with Crippen molar-refractivity contribution in [2.75, 3.05) is 21.3 Å². The number of fused-ring (bicyclic) bond motifs is 1. The summed E-state index contributed by atoms with van der Waals surface area (Å²) in [6.07, 6.45) is -3.59. The summed E-state index contributed by atoms with van der Waals surface area (Å²) in [5.74, 6) is 0.602. The molecule has 0 aliphatic rings. The number of para-hydroxylation sites is 1. The molecule has 1 N–H and O–H groups in total. The van der Waals surface area contributed by atoms with E-state index in [1.165, 1.54) is 39.5 Å². The number of hydrazone groups is 1. The molecule has 0 atom stereocenters. The third-order valence-electron chi connectivity index (χ3n) is 5.56.